The second-order valence-corrected chi connectivity index (χ2v) is 6.53. The molecule has 120 valence electrons. The molecule has 2 N–H and O–H groups in total. The molecule has 0 amide bonds. The summed E-state index contributed by atoms with van der Waals surface area (Å²) in [5.74, 6) is 1.72. The van der Waals surface area contributed by atoms with Gasteiger partial charge in [0.05, 0.1) is 6.10 Å². The van der Waals surface area contributed by atoms with Crippen LogP contribution in [0.4, 0.5) is 11.8 Å². The Bertz CT molecular complexity index is 712. The van der Waals surface area contributed by atoms with Crippen molar-refractivity contribution >= 4 is 11.8 Å². The van der Waals surface area contributed by atoms with Crippen LogP contribution >= 0.6 is 0 Å². The van der Waals surface area contributed by atoms with E-state index in [1.54, 1.807) is 0 Å². The molecule has 1 fully saturated rings. The predicted octanol–water partition coefficient (Wildman–Crippen LogP) is 2.67. The Morgan fingerprint density at radius 3 is 2.91 bits per heavy atom. The average Bonchev–Trinajstić information content (AvgIpc) is 3.38. The molecule has 2 aliphatic rings. The molecule has 1 aliphatic heterocycles. The number of nitrogens with one attached hydrogen (secondary N) is 1. The zero-order chi connectivity index (χ0) is 15.8. The van der Waals surface area contributed by atoms with E-state index in [-0.39, 0.29) is 0 Å². The third-order valence-electron chi connectivity index (χ3n) is 4.60. The molecule has 0 spiro atoms. The lowest BCUT2D eigenvalue weighted by Gasteiger charge is -2.30. The van der Waals surface area contributed by atoms with Crippen LogP contribution in [0, 0.1) is 0 Å². The van der Waals surface area contributed by atoms with E-state index in [9.17, 15) is 5.11 Å². The van der Waals surface area contributed by atoms with E-state index in [0.717, 1.165) is 36.8 Å². The highest BCUT2D eigenvalue weighted by molar-refractivity contribution is 5.47. The van der Waals surface area contributed by atoms with Crippen molar-refractivity contribution in [3.05, 3.63) is 47.2 Å². The van der Waals surface area contributed by atoms with Gasteiger partial charge in [-0.15, -0.1) is 0 Å². The van der Waals surface area contributed by atoms with Crippen LogP contribution < -0.4 is 10.2 Å². The molecule has 1 aromatic heterocycles. The van der Waals surface area contributed by atoms with E-state index in [4.69, 9.17) is 0 Å². The Labute approximate surface area is 136 Å². The van der Waals surface area contributed by atoms with E-state index in [1.807, 2.05) is 25.3 Å². The fourth-order valence-electron chi connectivity index (χ4n) is 3.03. The molecule has 2 aromatic rings. The van der Waals surface area contributed by atoms with Crippen molar-refractivity contribution in [2.24, 2.45) is 0 Å². The minimum atomic E-state index is -0.406. The van der Waals surface area contributed by atoms with Crippen LogP contribution in [-0.2, 0) is 13.0 Å². The standard InChI is InChI=1S/C18H22N4O/c1-12(23)13-2-3-15-11-22(9-7-14(15)10-13)17-6-8-19-18(21-17)20-16-4-5-16/h2-3,6,8,10,12,16,23H,4-5,7,9,11H2,1H3,(H,19,20,21)/t12-/m1/s1. The molecule has 1 aromatic carbocycles. The molecule has 0 saturated heterocycles. The quantitative estimate of drug-likeness (QED) is 0.909. The topological polar surface area (TPSA) is 61.3 Å². The molecule has 2 heterocycles. The smallest absolute Gasteiger partial charge is 0.224 e. The Balaban J connectivity index is 1.53. The molecule has 23 heavy (non-hydrogen) atoms. The third-order valence-corrected chi connectivity index (χ3v) is 4.60. The second-order valence-electron chi connectivity index (χ2n) is 6.53. The number of hydrogen-bond acceptors (Lipinski definition) is 5. The summed E-state index contributed by atoms with van der Waals surface area (Å²) in [6.45, 7) is 3.61. The molecule has 0 bridgehead atoms. The van der Waals surface area contributed by atoms with E-state index < -0.39 is 6.10 Å². The highest BCUT2D eigenvalue weighted by Gasteiger charge is 2.23. The molecule has 5 heteroatoms. The van der Waals surface area contributed by atoms with Crippen molar-refractivity contribution in [3.8, 4) is 0 Å². The summed E-state index contributed by atoms with van der Waals surface area (Å²) in [6, 6.07) is 8.83. The van der Waals surface area contributed by atoms with Crippen LogP contribution in [0.5, 0.6) is 0 Å². The van der Waals surface area contributed by atoms with Gasteiger partial charge in [-0.2, -0.15) is 4.98 Å². The van der Waals surface area contributed by atoms with Crippen molar-refractivity contribution < 1.29 is 5.11 Å². The maximum atomic E-state index is 9.73. The lowest BCUT2D eigenvalue weighted by molar-refractivity contribution is 0.199. The first-order valence-corrected chi connectivity index (χ1v) is 8.33. The largest absolute Gasteiger partial charge is 0.389 e. The second kappa shape index (κ2) is 5.81. The van der Waals surface area contributed by atoms with Crippen LogP contribution in [0.25, 0.3) is 0 Å². The zero-order valence-corrected chi connectivity index (χ0v) is 13.4. The predicted molar refractivity (Wildman–Crippen MR) is 90.5 cm³/mol. The number of hydrogen-bond donors (Lipinski definition) is 2. The average molecular weight is 310 g/mol. The summed E-state index contributed by atoms with van der Waals surface area (Å²) in [7, 11) is 0. The number of aromatic nitrogens is 2. The lowest BCUT2D eigenvalue weighted by Crippen LogP contribution is -2.31. The number of rotatable bonds is 4. The SMILES string of the molecule is C[C@@H](O)c1ccc2c(c1)CCN(c1ccnc(NC3CC3)n1)C2. The first-order chi connectivity index (χ1) is 11.2. The van der Waals surface area contributed by atoms with E-state index in [2.05, 4.69) is 32.3 Å². The van der Waals surface area contributed by atoms with Crippen LogP contribution in [0.3, 0.4) is 0 Å². The molecule has 1 saturated carbocycles. The minimum Gasteiger partial charge on any atom is -0.389 e. The van der Waals surface area contributed by atoms with Gasteiger partial charge in [0.25, 0.3) is 0 Å². The molecule has 0 radical (unpaired) electrons. The van der Waals surface area contributed by atoms with Gasteiger partial charge in [-0.1, -0.05) is 18.2 Å². The first kappa shape index (κ1) is 14.5. The van der Waals surface area contributed by atoms with Gasteiger partial charge in [0.2, 0.25) is 5.95 Å². The van der Waals surface area contributed by atoms with Gasteiger partial charge < -0.3 is 15.3 Å². The van der Waals surface area contributed by atoms with E-state index in [0.29, 0.717) is 6.04 Å². The number of benzene rings is 1. The number of aliphatic hydroxyl groups excluding tert-OH is 1. The Kier molecular flexibility index (Phi) is 3.65. The van der Waals surface area contributed by atoms with Gasteiger partial charge in [0.1, 0.15) is 5.82 Å². The number of nitrogens with zero attached hydrogens (tertiary/aromatic N) is 3. The monoisotopic (exact) mass is 310 g/mol. The first-order valence-electron chi connectivity index (χ1n) is 8.33. The third kappa shape index (κ3) is 3.15. The Hall–Kier alpha value is -2.14. The highest BCUT2D eigenvalue weighted by Crippen LogP contribution is 2.27. The minimum absolute atomic E-state index is 0.406. The van der Waals surface area contributed by atoms with E-state index >= 15 is 0 Å². The molecule has 1 aliphatic carbocycles. The van der Waals surface area contributed by atoms with Gasteiger partial charge in [0, 0.05) is 25.3 Å². The van der Waals surface area contributed by atoms with Crippen LogP contribution in [0.1, 0.15) is 42.6 Å². The summed E-state index contributed by atoms with van der Waals surface area (Å²) in [5, 5.41) is 13.1. The molecule has 0 unspecified atom stereocenters. The summed E-state index contributed by atoms with van der Waals surface area (Å²) in [5.41, 5.74) is 3.65. The van der Waals surface area contributed by atoms with Gasteiger partial charge in [-0.25, -0.2) is 4.98 Å². The van der Waals surface area contributed by atoms with Crippen LogP contribution in [-0.4, -0.2) is 27.7 Å². The lowest BCUT2D eigenvalue weighted by atomic mass is 9.96. The molecule has 4 rings (SSSR count). The van der Waals surface area contributed by atoms with Gasteiger partial charge in [-0.05, 0) is 48.9 Å². The van der Waals surface area contributed by atoms with Gasteiger partial charge >= 0.3 is 0 Å². The van der Waals surface area contributed by atoms with Crippen LogP contribution in [0.2, 0.25) is 0 Å². The summed E-state index contributed by atoms with van der Waals surface area (Å²) < 4.78 is 0. The number of anilines is 2. The van der Waals surface area contributed by atoms with Gasteiger partial charge in [0.15, 0.2) is 0 Å². The maximum Gasteiger partial charge on any atom is 0.224 e. The van der Waals surface area contributed by atoms with Crippen molar-refractivity contribution in [1.29, 1.82) is 0 Å². The van der Waals surface area contributed by atoms with Crippen molar-refractivity contribution in [1.82, 2.24) is 9.97 Å². The normalized spacial score (nSPS) is 18.4. The Morgan fingerprint density at radius 2 is 2.13 bits per heavy atom. The number of aliphatic hydroxyl groups is 1. The summed E-state index contributed by atoms with van der Waals surface area (Å²) in [6.07, 6.45) is 4.84. The van der Waals surface area contributed by atoms with Gasteiger partial charge in [-0.3, -0.25) is 0 Å². The summed E-state index contributed by atoms with van der Waals surface area (Å²) in [4.78, 5) is 11.3. The number of fused-ring (bicyclic) bond motifs is 1. The van der Waals surface area contributed by atoms with Crippen LogP contribution in [0.15, 0.2) is 30.5 Å². The maximum absolute atomic E-state index is 9.73. The zero-order valence-electron chi connectivity index (χ0n) is 13.4. The van der Waals surface area contributed by atoms with E-state index in [1.165, 1.54) is 24.0 Å². The molecule has 5 nitrogen and oxygen atoms in total. The van der Waals surface area contributed by atoms with Crippen molar-refractivity contribution in [2.75, 3.05) is 16.8 Å². The fraction of sp³-hybridized carbons (Fsp3) is 0.444. The van der Waals surface area contributed by atoms with Crippen molar-refractivity contribution in [2.45, 2.75) is 44.9 Å². The highest BCUT2D eigenvalue weighted by atomic mass is 16.3. The molecular weight excluding hydrogens is 288 g/mol. The van der Waals surface area contributed by atoms with Crippen molar-refractivity contribution in [3.63, 3.8) is 0 Å². The summed E-state index contributed by atoms with van der Waals surface area (Å²) >= 11 is 0. The Morgan fingerprint density at radius 1 is 1.26 bits per heavy atom. The molecular formula is C18H22N4O. The fourth-order valence-corrected chi connectivity index (χ4v) is 3.03. The molecule has 1 atom stereocenters.